The molecule has 0 bridgehead atoms. The Morgan fingerprint density at radius 3 is 2.20 bits per heavy atom. The van der Waals surface area contributed by atoms with Gasteiger partial charge in [-0.1, -0.05) is 142 Å². The Bertz CT molecular complexity index is 2680. The van der Waals surface area contributed by atoms with Gasteiger partial charge < -0.3 is 5.32 Å². The quantitative estimate of drug-likeness (QED) is 0.157. The van der Waals surface area contributed by atoms with Crippen LogP contribution in [0.25, 0.3) is 55.2 Å². The van der Waals surface area contributed by atoms with Gasteiger partial charge >= 0.3 is 0 Å². The molecule has 1 aromatic heterocycles. The Morgan fingerprint density at radius 1 is 0.673 bits per heavy atom. The Kier molecular flexibility index (Phi) is 8.68. The molecule has 0 radical (unpaired) electrons. The van der Waals surface area contributed by atoms with Crippen molar-refractivity contribution in [3.05, 3.63) is 189 Å². The highest BCUT2D eigenvalue weighted by atomic mass is 32.1. The van der Waals surface area contributed by atoms with E-state index in [0.717, 1.165) is 41.9 Å². The predicted octanol–water partition coefficient (Wildman–Crippen LogP) is 14.0. The van der Waals surface area contributed by atoms with Crippen LogP contribution in [0, 0.1) is 0 Å². The maximum Gasteiger partial charge on any atom is 0.134 e. The van der Waals surface area contributed by atoms with E-state index in [1.54, 1.807) is 5.56 Å². The zero-order chi connectivity index (χ0) is 36.9. The summed E-state index contributed by atoms with van der Waals surface area (Å²) in [6.07, 6.45) is 10.1. The van der Waals surface area contributed by atoms with E-state index in [2.05, 4.69) is 171 Å². The summed E-state index contributed by atoms with van der Waals surface area (Å²) >= 11 is 1.96. The first-order chi connectivity index (χ1) is 27.2. The second kappa shape index (κ2) is 14.1. The molecule has 0 fully saturated rings. The van der Waals surface area contributed by atoms with Crippen LogP contribution in [0.5, 0.6) is 0 Å². The largest absolute Gasteiger partial charge is 0.359 e. The van der Waals surface area contributed by atoms with Gasteiger partial charge in [0.25, 0.3) is 0 Å². The first-order valence-electron chi connectivity index (χ1n) is 20.0. The zero-order valence-electron chi connectivity index (χ0n) is 31.5. The van der Waals surface area contributed by atoms with Gasteiger partial charge in [-0.2, -0.15) is 0 Å². The van der Waals surface area contributed by atoms with Crippen LogP contribution in [0.15, 0.2) is 156 Å². The van der Waals surface area contributed by atoms with Crippen molar-refractivity contribution < 1.29 is 0 Å². The topological polar surface area (TPSA) is 24.4 Å². The van der Waals surface area contributed by atoms with Gasteiger partial charge in [0.1, 0.15) is 5.84 Å². The zero-order valence-corrected chi connectivity index (χ0v) is 32.3. The number of aryl methyl sites for hydroxylation is 1. The van der Waals surface area contributed by atoms with Gasteiger partial charge in [-0.25, -0.2) is 4.99 Å². The van der Waals surface area contributed by atoms with E-state index in [4.69, 9.17) is 4.99 Å². The molecule has 1 aliphatic heterocycles. The minimum absolute atomic E-state index is 0.0383. The molecular formula is C52H44N2S. The number of rotatable bonds is 9. The Labute approximate surface area is 328 Å². The minimum Gasteiger partial charge on any atom is -0.359 e. The average Bonchev–Trinajstić information content (AvgIpc) is 3.64. The summed E-state index contributed by atoms with van der Waals surface area (Å²) in [4.78, 5) is 6.82. The molecule has 0 spiro atoms. The van der Waals surface area contributed by atoms with Crippen LogP contribution in [0.3, 0.4) is 0 Å². The van der Waals surface area contributed by atoms with Gasteiger partial charge in [-0.15, -0.1) is 11.3 Å². The molecule has 0 saturated heterocycles. The van der Waals surface area contributed by atoms with Crippen molar-refractivity contribution in [1.82, 2.24) is 5.32 Å². The highest BCUT2D eigenvalue weighted by Crippen LogP contribution is 2.54. The van der Waals surface area contributed by atoms with Gasteiger partial charge in [0.2, 0.25) is 0 Å². The fourth-order valence-electron chi connectivity index (χ4n) is 9.15. The van der Waals surface area contributed by atoms with E-state index in [0.29, 0.717) is 5.92 Å². The van der Waals surface area contributed by atoms with Gasteiger partial charge in [0.05, 0.1) is 11.7 Å². The van der Waals surface area contributed by atoms with E-state index in [1.165, 1.54) is 83.4 Å². The number of hydrogen-bond acceptors (Lipinski definition) is 3. The molecule has 2 heterocycles. The lowest BCUT2D eigenvalue weighted by molar-refractivity contribution is 0.705. The van der Waals surface area contributed by atoms with Gasteiger partial charge in [0, 0.05) is 32.0 Å². The van der Waals surface area contributed by atoms with Crippen molar-refractivity contribution in [1.29, 1.82) is 0 Å². The maximum atomic E-state index is 5.39. The number of allylic oxidation sites excluding steroid dienone is 1. The van der Waals surface area contributed by atoms with Crippen molar-refractivity contribution >= 4 is 39.0 Å². The third-order valence-electron chi connectivity index (χ3n) is 11.8. The van der Waals surface area contributed by atoms with Gasteiger partial charge in [0.15, 0.2) is 0 Å². The molecule has 3 heteroatoms. The van der Waals surface area contributed by atoms with E-state index in [9.17, 15) is 0 Å². The SMILES string of the molecule is CCCCc1cc(-c2cccc(C3=C(CC)C(c4ccccc4)NC(c4ccccc4)=N3)c2)cc(-c2cc3c4c5c(sc4c2)C=CCC5c2ccccc2-3)c1. The Morgan fingerprint density at radius 2 is 1.38 bits per heavy atom. The van der Waals surface area contributed by atoms with Crippen LogP contribution in [-0.2, 0) is 6.42 Å². The molecule has 2 nitrogen and oxygen atoms in total. The summed E-state index contributed by atoms with van der Waals surface area (Å²) in [6.45, 7) is 4.54. The molecule has 7 aromatic rings. The smallest absolute Gasteiger partial charge is 0.134 e. The molecule has 268 valence electrons. The summed E-state index contributed by atoms with van der Waals surface area (Å²) in [5.74, 6) is 1.37. The molecule has 2 aliphatic carbocycles. The number of unbranched alkanes of at least 4 members (excludes halogenated alkanes) is 1. The highest BCUT2D eigenvalue weighted by molar-refractivity contribution is 7.20. The third-order valence-corrected chi connectivity index (χ3v) is 12.9. The molecule has 3 aliphatic rings. The second-order valence-electron chi connectivity index (χ2n) is 15.2. The van der Waals surface area contributed by atoms with Gasteiger partial charge in [-0.3, -0.25) is 0 Å². The van der Waals surface area contributed by atoms with Crippen LogP contribution in [0.4, 0.5) is 0 Å². The average molecular weight is 729 g/mol. The lowest BCUT2D eigenvalue weighted by atomic mass is 9.74. The molecule has 10 rings (SSSR count). The normalized spacial score (nSPS) is 16.9. The standard InChI is InChI=1S/C52H44N2S/c1-3-5-16-33-27-38(30-39(28-33)40-31-45-43-24-13-12-23-42(43)44-25-15-26-46-48(44)49(45)47(32-40)55-46)36-21-14-22-37(29-36)51-41(4-2)50(34-17-8-6-9-18-34)53-52(54-51)35-19-10-7-11-20-35/h6-15,17-24,26-32,44,50H,3-5,16,25H2,1-2H3,(H,53,54). The summed E-state index contributed by atoms with van der Waals surface area (Å²) in [5.41, 5.74) is 18.1. The highest BCUT2D eigenvalue weighted by Gasteiger charge is 2.32. The van der Waals surface area contributed by atoms with Crippen LogP contribution < -0.4 is 5.32 Å². The number of nitrogens with one attached hydrogen (secondary N) is 1. The summed E-state index contributed by atoms with van der Waals surface area (Å²) in [7, 11) is 0. The van der Waals surface area contributed by atoms with Crippen LogP contribution in [0.2, 0.25) is 0 Å². The number of hydrogen-bond donors (Lipinski definition) is 1. The summed E-state index contributed by atoms with van der Waals surface area (Å²) in [5, 5.41) is 5.29. The van der Waals surface area contributed by atoms with Crippen molar-refractivity contribution in [2.24, 2.45) is 4.99 Å². The van der Waals surface area contributed by atoms with Crippen molar-refractivity contribution in [2.45, 2.75) is 57.9 Å². The van der Waals surface area contributed by atoms with Crippen LogP contribution >= 0.6 is 11.3 Å². The first-order valence-corrected chi connectivity index (χ1v) is 20.8. The number of thiophene rings is 1. The second-order valence-corrected chi connectivity index (χ2v) is 16.3. The van der Waals surface area contributed by atoms with Crippen LogP contribution in [-0.4, -0.2) is 5.84 Å². The predicted molar refractivity (Wildman–Crippen MR) is 235 cm³/mol. The maximum absolute atomic E-state index is 5.39. The minimum atomic E-state index is 0.0383. The summed E-state index contributed by atoms with van der Waals surface area (Å²) < 4.78 is 1.40. The molecule has 55 heavy (non-hydrogen) atoms. The molecule has 2 atom stereocenters. The fraction of sp³-hybridized carbons (Fsp3) is 0.173. The molecular weight excluding hydrogens is 685 g/mol. The van der Waals surface area contributed by atoms with E-state index in [1.807, 2.05) is 11.3 Å². The van der Waals surface area contributed by atoms with E-state index in [-0.39, 0.29) is 6.04 Å². The Balaban J connectivity index is 1.12. The first kappa shape index (κ1) is 33.8. The third kappa shape index (κ3) is 5.99. The van der Waals surface area contributed by atoms with E-state index < -0.39 is 0 Å². The van der Waals surface area contributed by atoms with Crippen molar-refractivity contribution in [2.75, 3.05) is 0 Å². The molecule has 0 amide bonds. The van der Waals surface area contributed by atoms with Gasteiger partial charge in [-0.05, 0) is 117 Å². The number of amidine groups is 1. The monoisotopic (exact) mass is 728 g/mol. The number of benzene rings is 6. The molecule has 0 saturated carbocycles. The lowest BCUT2D eigenvalue weighted by Gasteiger charge is -2.30. The molecule has 1 N–H and O–H groups in total. The number of nitrogens with zero attached hydrogens (tertiary/aromatic N) is 1. The number of aliphatic imine (C=N–C) groups is 1. The van der Waals surface area contributed by atoms with E-state index >= 15 is 0 Å². The van der Waals surface area contributed by atoms with Crippen LogP contribution in [0.1, 0.15) is 89.7 Å². The fourth-order valence-corrected chi connectivity index (χ4v) is 10.4. The Hall–Kier alpha value is -5.77. The molecule has 6 aromatic carbocycles. The lowest BCUT2D eigenvalue weighted by Crippen LogP contribution is -2.34. The van der Waals surface area contributed by atoms with Crippen molar-refractivity contribution in [3.63, 3.8) is 0 Å². The van der Waals surface area contributed by atoms with Crippen molar-refractivity contribution in [3.8, 4) is 33.4 Å². The molecule has 2 unspecified atom stereocenters. The number of fused-ring (bicyclic) bond motifs is 3. The summed E-state index contributed by atoms with van der Waals surface area (Å²) in [6, 6.07) is 51.9.